The number of hydrogen-bond acceptors (Lipinski definition) is 5. The first kappa shape index (κ1) is 28.2. The summed E-state index contributed by atoms with van der Waals surface area (Å²) in [5.41, 5.74) is 3.94. The summed E-state index contributed by atoms with van der Waals surface area (Å²) in [6.45, 7) is 9.32. The largest absolute Gasteiger partial charge is 0.471 e. The smallest absolute Gasteiger partial charge is 0.368 e. The summed E-state index contributed by atoms with van der Waals surface area (Å²) in [6.07, 6.45) is -3.83. The molecule has 0 bridgehead atoms. The Hall–Kier alpha value is -2.86. The van der Waals surface area contributed by atoms with Gasteiger partial charge in [0.1, 0.15) is 18.1 Å². The van der Waals surface area contributed by atoms with Crippen LogP contribution in [0.4, 0.5) is 13.2 Å². The third-order valence-electron chi connectivity index (χ3n) is 9.04. The molecule has 4 rings (SSSR count). The molecule has 0 aromatic rings. The lowest BCUT2D eigenvalue weighted by molar-refractivity contribution is -0.176. The van der Waals surface area contributed by atoms with E-state index in [9.17, 15) is 37.1 Å². The van der Waals surface area contributed by atoms with Crippen LogP contribution in [0.2, 0.25) is 0 Å². The van der Waals surface area contributed by atoms with E-state index in [1.807, 2.05) is 33.0 Å². The molecule has 10 nitrogen and oxygen atoms in total. The molecule has 2 saturated heterocycles. The maximum atomic E-state index is 13.6. The van der Waals surface area contributed by atoms with Crippen LogP contribution < -0.4 is 21.7 Å². The molecule has 6 atom stereocenters. The number of nitrogens with one attached hydrogen (secondary N) is 3. The Bertz CT molecular complexity index is 1070. The fraction of sp³-hybridized carbons (Fsp3) is 0.800. The Labute approximate surface area is 219 Å². The van der Waals surface area contributed by atoms with Crippen molar-refractivity contribution in [2.45, 2.75) is 90.1 Å². The lowest BCUT2D eigenvalue weighted by Crippen LogP contribution is -2.60. The number of hydrogen-bond donors (Lipinski definition) is 4. The molecule has 5 N–H and O–H groups in total. The van der Waals surface area contributed by atoms with E-state index in [1.165, 1.54) is 4.90 Å². The highest BCUT2D eigenvalue weighted by molar-refractivity contribution is 5.96. The average molecular weight is 544 g/mol. The third kappa shape index (κ3) is 5.07. The lowest BCUT2D eigenvalue weighted by Gasteiger charge is -2.35. The van der Waals surface area contributed by atoms with Crippen molar-refractivity contribution in [1.82, 2.24) is 20.9 Å². The first-order chi connectivity index (χ1) is 17.3. The minimum Gasteiger partial charge on any atom is -0.368 e. The van der Waals surface area contributed by atoms with Crippen LogP contribution in [0.25, 0.3) is 0 Å². The molecule has 4 unspecified atom stereocenters. The van der Waals surface area contributed by atoms with Crippen molar-refractivity contribution in [2.75, 3.05) is 6.54 Å². The van der Waals surface area contributed by atoms with Crippen LogP contribution in [0.3, 0.4) is 0 Å². The molecule has 5 amide bonds. The van der Waals surface area contributed by atoms with Gasteiger partial charge in [-0.2, -0.15) is 13.2 Å². The maximum Gasteiger partial charge on any atom is 0.471 e. The van der Waals surface area contributed by atoms with Gasteiger partial charge in [0.2, 0.25) is 23.6 Å². The van der Waals surface area contributed by atoms with Gasteiger partial charge in [0.15, 0.2) is 0 Å². The van der Waals surface area contributed by atoms with Crippen LogP contribution in [0.1, 0.15) is 60.3 Å². The number of rotatable bonds is 8. The highest BCUT2D eigenvalue weighted by Crippen LogP contribution is 2.65. The molecule has 13 heteroatoms. The summed E-state index contributed by atoms with van der Waals surface area (Å²) in [7, 11) is 0. The van der Waals surface area contributed by atoms with Crippen molar-refractivity contribution < 1.29 is 37.1 Å². The summed E-state index contributed by atoms with van der Waals surface area (Å²) < 4.78 is 39.1. The van der Waals surface area contributed by atoms with Crippen LogP contribution in [0.5, 0.6) is 0 Å². The molecule has 4 aliphatic rings. The average Bonchev–Trinajstić information content (AvgIpc) is 3.49. The van der Waals surface area contributed by atoms with E-state index in [-0.39, 0.29) is 36.1 Å². The highest BCUT2D eigenvalue weighted by atomic mass is 19.4. The Balaban J connectivity index is 1.54. The Morgan fingerprint density at radius 3 is 2.18 bits per heavy atom. The van der Waals surface area contributed by atoms with Crippen molar-refractivity contribution in [2.24, 2.45) is 34.3 Å². The van der Waals surface area contributed by atoms with Crippen LogP contribution in [-0.4, -0.2) is 70.8 Å². The number of piperidine rings is 1. The van der Waals surface area contributed by atoms with Gasteiger partial charge >= 0.3 is 12.1 Å². The number of carbonyl (C=O) groups excluding carboxylic acids is 5. The van der Waals surface area contributed by atoms with Gasteiger partial charge in [0.05, 0.1) is 0 Å². The summed E-state index contributed by atoms with van der Waals surface area (Å²) in [5, 5.41) is 7.31. The van der Waals surface area contributed by atoms with Gasteiger partial charge in [-0.25, -0.2) is 0 Å². The number of amides is 5. The molecule has 4 fully saturated rings. The monoisotopic (exact) mass is 543 g/mol. The van der Waals surface area contributed by atoms with Gasteiger partial charge in [0, 0.05) is 18.0 Å². The van der Waals surface area contributed by atoms with E-state index in [4.69, 9.17) is 5.73 Å². The predicted molar refractivity (Wildman–Crippen MR) is 128 cm³/mol. The highest BCUT2D eigenvalue weighted by Gasteiger charge is 2.70. The van der Waals surface area contributed by atoms with E-state index >= 15 is 0 Å². The van der Waals surface area contributed by atoms with Crippen molar-refractivity contribution >= 4 is 29.5 Å². The van der Waals surface area contributed by atoms with Gasteiger partial charge < -0.3 is 26.6 Å². The lowest BCUT2D eigenvalue weighted by atomic mass is 9.91. The topological polar surface area (TPSA) is 151 Å². The SMILES string of the molecule is CC1(C)C[C@@H](C[C@H](NC(=O)C2C3C(CN2C(=O)C(NC(=O)C(F)(F)F)C2(C)CC2)C3(C)C)C(N)=O)C(=O)N1. The molecule has 0 aromatic carbocycles. The fourth-order valence-corrected chi connectivity index (χ4v) is 6.39. The molecule has 2 saturated carbocycles. The van der Waals surface area contributed by atoms with Crippen LogP contribution in [0.15, 0.2) is 0 Å². The first-order valence-corrected chi connectivity index (χ1v) is 12.9. The fourth-order valence-electron chi connectivity index (χ4n) is 6.39. The molecule has 2 aliphatic carbocycles. The molecule has 0 aromatic heterocycles. The van der Waals surface area contributed by atoms with Crippen molar-refractivity contribution in [3.8, 4) is 0 Å². The van der Waals surface area contributed by atoms with Crippen molar-refractivity contribution in [3.05, 3.63) is 0 Å². The van der Waals surface area contributed by atoms with Crippen molar-refractivity contribution in [1.29, 1.82) is 0 Å². The number of nitrogens with zero attached hydrogens (tertiary/aromatic N) is 1. The maximum absolute atomic E-state index is 13.6. The number of nitrogens with two attached hydrogens (primary N) is 1. The van der Waals surface area contributed by atoms with E-state index < -0.39 is 64.8 Å². The molecule has 0 radical (unpaired) electrons. The molecule has 2 aliphatic heterocycles. The molecule has 0 spiro atoms. The minimum atomic E-state index is -5.16. The van der Waals surface area contributed by atoms with Gasteiger partial charge in [-0.1, -0.05) is 20.8 Å². The van der Waals surface area contributed by atoms with E-state index in [0.29, 0.717) is 19.3 Å². The molecular formula is C25H36F3N5O5. The Kier molecular flexibility index (Phi) is 6.55. The standard InChI is InChI=1S/C25H36F3N5O5/c1-22(2)9-11(18(35)32-22)8-13(17(29)34)30-19(36)15-14-12(23(14,3)4)10-33(15)20(37)16(24(5)6-7-24)31-21(38)25(26,27)28/h11-16H,6-10H2,1-5H3,(H2,29,34)(H,30,36)(H,31,38)(H,32,35)/t11-,12?,13+,14?,15?,16?/m1/s1. The minimum absolute atomic E-state index is 0.0170. The molecule has 212 valence electrons. The first-order valence-electron chi connectivity index (χ1n) is 12.9. The normalized spacial score (nSPS) is 31.5. The predicted octanol–water partition coefficient (Wildman–Crippen LogP) is 0.592. The van der Waals surface area contributed by atoms with E-state index in [2.05, 4.69) is 10.6 Å². The van der Waals surface area contributed by atoms with Crippen LogP contribution >= 0.6 is 0 Å². The second-order valence-electron chi connectivity index (χ2n) is 12.9. The number of halogens is 3. The van der Waals surface area contributed by atoms with E-state index in [1.54, 1.807) is 6.92 Å². The van der Waals surface area contributed by atoms with Gasteiger partial charge in [-0.05, 0) is 62.2 Å². The zero-order valence-electron chi connectivity index (χ0n) is 22.2. The zero-order valence-corrected chi connectivity index (χ0v) is 22.2. The third-order valence-corrected chi connectivity index (χ3v) is 9.04. The van der Waals surface area contributed by atoms with Crippen molar-refractivity contribution in [3.63, 3.8) is 0 Å². The van der Waals surface area contributed by atoms with Crippen LogP contribution in [-0.2, 0) is 24.0 Å². The number of primary amides is 1. The summed E-state index contributed by atoms with van der Waals surface area (Å²) in [4.78, 5) is 64.8. The number of likely N-dealkylation sites (tertiary alicyclic amines) is 1. The van der Waals surface area contributed by atoms with Gasteiger partial charge in [0.25, 0.3) is 0 Å². The molecule has 38 heavy (non-hydrogen) atoms. The summed E-state index contributed by atoms with van der Waals surface area (Å²) >= 11 is 0. The molecule has 2 heterocycles. The van der Waals surface area contributed by atoms with E-state index in [0.717, 1.165) is 0 Å². The second-order valence-corrected chi connectivity index (χ2v) is 12.9. The Morgan fingerprint density at radius 2 is 1.71 bits per heavy atom. The van der Waals surface area contributed by atoms with Crippen LogP contribution in [0, 0.1) is 28.6 Å². The van der Waals surface area contributed by atoms with Gasteiger partial charge in [-0.15, -0.1) is 0 Å². The summed E-state index contributed by atoms with van der Waals surface area (Å²) in [5.74, 6) is -5.59. The Morgan fingerprint density at radius 1 is 1.11 bits per heavy atom. The number of fused-ring (bicyclic) bond motifs is 1. The zero-order chi connectivity index (χ0) is 28.6. The second kappa shape index (κ2) is 8.84. The number of alkyl halides is 3. The molecular weight excluding hydrogens is 507 g/mol. The quantitative estimate of drug-likeness (QED) is 0.353. The van der Waals surface area contributed by atoms with Gasteiger partial charge in [-0.3, -0.25) is 24.0 Å². The number of carbonyl (C=O) groups is 5. The summed E-state index contributed by atoms with van der Waals surface area (Å²) in [6, 6.07) is -3.67.